The lowest BCUT2D eigenvalue weighted by Gasteiger charge is -2.15. The molecular weight excluding hydrogens is 437 g/mol. The summed E-state index contributed by atoms with van der Waals surface area (Å²) in [4.78, 5) is 4.34. The SMILES string of the molecule is C[Si](C)(C)CCOCn1ncc2c(Br)cnc(I)c21. The van der Waals surface area contributed by atoms with Gasteiger partial charge in [-0.2, -0.15) is 5.10 Å². The van der Waals surface area contributed by atoms with Gasteiger partial charge >= 0.3 is 0 Å². The number of ether oxygens (including phenoxy) is 1. The Labute approximate surface area is 136 Å². The van der Waals surface area contributed by atoms with E-state index in [1.54, 1.807) is 0 Å². The molecule has 0 radical (unpaired) electrons. The van der Waals surface area contributed by atoms with Gasteiger partial charge in [0.1, 0.15) is 15.9 Å². The molecule has 19 heavy (non-hydrogen) atoms. The highest BCUT2D eigenvalue weighted by Crippen LogP contribution is 2.26. The molecule has 0 aliphatic rings. The van der Waals surface area contributed by atoms with E-state index in [4.69, 9.17) is 4.74 Å². The molecule has 2 aromatic heterocycles. The van der Waals surface area contributed by atoms with Gasteiger partial charge in [0, 0.05) is 30.7 Å². The van der Waals surface area contributed by atoms with Crippen LogP contribution in [0.3, 0.4) is 0 Å². The molecule has 0 spiro atoms. The lowest BCUT2D eigenvalue weighted by Crippen LogP contribution is -2.22. The Kier molecular flexibility index (Phi) is 5.02. The first-order valence-corrected chi connectivity index (χ1v) is 11.7. The topological polar surface area (TPSA) is 39.9 Å². The van der Waals surface area contributed by atoms with E-state index >= 15 is 0 Å². The number of hydrogen-bond acceptors (Lipinski definition) is 3. The summed E-state index contributed by atoms with van der Waals surface area (Å²) in [7, 11) is -1.03. The van der Waals surface area contributed by atoms with E-state index in [1.807, 2.05) is 17.1 Å². The summed E-state index contributed by atoms with van der Waals surface area (Å²) in [5.41, 5.74) is 1.03. The van der Waals surface area contributed by atoms with E-state index in [2.05, 4.69) is 68.2 Å². The van der Waals surface area contributed by atoms with Crippen LogP contribution in [0.5, 0.6) is 0 Å². The molecule has 104 valence electrons. The minimum absolute atomic E-state index is 0.488. The van der Waals surface area contributed by atoms with Crippen LogP contribution in [0.25, 0.3) is 10.9 Å². The van der Waals surface area contributed by atoms with Gasteiger partial charge in [0.05, 0.1) is 6.20 Å². The normalized spacial score (nSPS) is 12.3. The second-order valence-corrected chi connectivity index (χ2v) is 13.1. The molecule has 2 aromatic rings. The van der Waals surface area contributed by atoms with Gasteiger partial charge in [-0.05, 0) is 44.6 Å². The van der Waals surface area contributed by atoms with E-state index in [1.165, 1.54) is 6.04 Å². The first-order chi connectivity index (χ1) is 8.88. The maximum absolute atomic E-state index is 5.75. The first kappa shape index (κ1) is 15.4. The number of rotatable bonds is 5. The zero-order valence-electron chi connectivity index (χ0n) is 11.3. The van der Waals surface area contributed by atoms with Crippen molar-refractivity contribution in [2.75, 3.05) is 6.61 Å². The fraction of sp³-hybridized carbons (Fsp3) is 0.500. The quantitative estimate of drug-likeness (QED) is 0.296. The van der Waals surface area contributed by atoms with Crippen LogP contribution in [0.2, 0.25) is 25.7 Å². The number of aromatic nitrogens is 3. The predicted molar refractivity (Wildman–Crippen MR) is 92.1 cm³/mol. The Bertz CT molecular complexity index is 582. The second kappa shape index (κ2) is 6.19. The molecule has 0 aliphatic carbocycles. The van der Waals surface area contributed by atoms with Crippen LogP contribution in [-0.4, -0.2) is 29.4 Å². The van der Waals surface area contributed by atoms with Crippen LogP contribution in [0.15, 0.2) is 16.9 Å². The Morgan fingerprint density at radius 3 is 2.79 bits per heavy atom. The molecule has 0 aliphatic heterocycles. The third-order valence-electron chi connectivity index (χ3n) is 2.79. The van der Waals surface area contributed by atoms with Gasteiger partial charge in [-0.15, -0.1) is 0 Å². The zero-order valence-corrected chi connectivity index (χ0v) is 16.0. The Morgan fingerprint density at radius 1 is 1.37 bits per heavy atom. The van der Waals surface area contributed by atoms with Gasteiger partial charge in [-0.3, -0.25) is 0 Å². The van der Waals surface area contributed by atoms with Gasteiger partial charge in [0.2, 0.25) is 0 Å². The van der Waals surface area contributed by atoms with Crippen molar-refractivity contribution in [3.63, 3.8) is 0 Å². The summed E-state index contributed by atoms with van der Waals surface area (Å²) in [5, 5.41) is 5.46. The van der Waals surface area contributed by atoms with Gasteiger partial charge < -0.3 is 4.74 Å². The summed E-state index contributed by atoms with van der Waals surface area (Å²) in [6.45, 7) is 8.34. The second-order valence-electron chi connectivity index (χ2n) is 5.65. The highest BCUT2D eigenvalue weighted by atomic mass is 127. The number of hydrogen-bond donors (Lipinski definition) is 0. The maximum Gasteiger partial charge on any atom is 0.140 e. The summed E-state index contributed by atoms with van der Waals surface area (Å²) in [6.07, 6.45) is 3.66. The summed E-state index contributed by atoms with van der Waals surface area (Å²) in [5.74, 6) is 0. The summed E-state index contributed by atoms with van der Waals surface area (Å²) in [6, 6.07) is 1.17. The maximum atomic E-state index is 5.75. The van der Waals surface area contributed by atoms with Crippen LogP contribution in [-0.2, 0) is 11.5 Å². The molecule has 2 rings (SSSR count). The summed E-state index contributed by atoms with van der Waals surface area (Å²) < 4.78 is 9.54. The minimum Gasteiger partial charge on any atom is -0.360 e. The molecule has 4 nitrogen and oxygen atoms in total. The third kappa shape index (κ3) is 3.99. The van der Waals surface area contributed by atoms with E-state index < -0.39 is 8.07 Å². The van der Waals surface area contributed by atoms with Gasteiger partial charge in [-0.25, -0.2) is 9.67 Å². The molecule has 0 aromatic carbocycles. The molecule has 2 heterocycles. The van der Waals surface area contributed by atoms with E-state index in [0.29, 0.717) is 6.73 Å². The van der Waals surface area contributed by atoms with E-state index in [0.717, 1.165) is 25.7 Å². The van der Waals surface area contributed by atoms with Crippen molar-refractivity contribution in [3.8, 4) is 0 Å². The Morgan fingerprint density at radius 2 is 2.11 bits per heavy atom. The zero-order chi connectivity index (χ0) is 14.0. The van der Waals surface area contributed by atoms with Crippen molar-refractivity contribution in [1.82, 2.24) is 14.8 Å². The lowest BCUT2D eigenvalue weighted by atomic mass is 10.3. The molecule has 0 bridgehead atoms. The van der Waals surface area contributed by atoms with Crippen LogP contribution < -0.4 is 0 Å². The minimum atomic E-state index is -1.03. The number of nitrogens with zero attached hydrogens (tertiary/aromatic N) is 3. The molecule has 0 unspecified atom stereocenters. The monoisotopic (exact) mass is 453 g/mol. The average molecular weight is 454 g/mol. The molecule has 0 atom stereocenters. The fourth-order valence-corrected chi connectivity index (χ4v) is 3.51. The first-order valence-electron chi connectivity index (χ1n) is 6.12. The largest absolute Gasteiger partial charge is 0.360 e. The van der Waals surface area contributed by atoms with Crippen molar-refractivity contribution in [3.05, 3.63) is 20.6 Å². The van der Waals surface area contributed by atoms with Crippen molar-refractivity contribution >= 4 is 57.5 Å². The Balaban J connectivity index is 2.08. The molecule has 7 heteroatoms. The molecular formula is C12H17BrIN3OSi. The fourth-order valence-electron chi connectivity index (χ4n) is 1.65. The summed E-state index contributed by atoms with van der Waals surface area (Å²) >= 11 is 5.73. The predicted octanol–water partition coefficient (Wildman–Crippen LogP) is 4.11. The number of pyridine rings is 1. The molecule has 0 saturated carbocycles. The highest BCUT2D eigenvalue weighted by Gasteiger charge is 2.13. The van der Waals surface area contributed by atoms with Gasteiger partial charge in [0.25, 0.3) is 0 Å². The molecule has 0 fully saturated rings. The lowest BCUT2D eigenvalue weighted by molar-refractivity contribution is 0.0816. The van der Waals surface area contributed by atoms with Crippen molar-refractivity contribution in [1.29, 1.82) is 0 Å². The van der Waals surface area contributed by atoms with Crippen molar-refractivity contribution in [2.45, 2.75) is 32.4 Å². The third-order valence-corrected chi connectivity index (χ3v) is 5.92. The highest BCUT2D eigenvalue weighted by molar-refractivity contribution is 14.1. The standard InChI is InChI=1S/C12H17BrIN3OSi/c1-19(2,3)5-4-18-8-17-11-9(6-16-17)10(13)7-15-12(11)14/h6-7H,4-5,8H2,1-3H3. The number of halogens is 2. The van der Waals surface area contributed by atoms with Crippen molar-refractivity contribution in [2.24, 2.45) is 0 Å². The molecule has 0 N–H and O–H groups in total. The average Bonchev–Trinajstić information content (AvgIpc) is 2.73. The Hall–Kier alpha value is 0.00688. The van der Waals surface area contributed by atoms with Crippen LogP contribution >= 0.6 is 38.5 Å². The smallest absolute Gasteiger partial charge is 0.140 e. The van der Waals surface area contributed by atoms with Gasteiger partial charge in [0.15, 0.2) is 0 Å². The number of fused-ring (bicyclic) bond motifs is 1. The van der Waals surface area contributed by atoms with Crippen molar-refractivity contribution < 1.29 is 4.74 Å². The molecule has 0 saturated heterocycles. The van der Waals surface area contributed by atoms with Gasteiger partial charge in [-0.1, -0.05) is 19.6 Å². The van der Waals surface area contributed by atoms with Crippen LogP contribution in [0, 0.1) is 3.70 Å². The van der Waals surface area contributed by atoms with Crippen LogP contribution in [0.4, 0.5) is 0 Å². The van der Waals surface area contributed by atoms with Crippen LogP contribution in [0.1, 0.15) is 0 Å². The molecule has 0 amide bonds. The van der Waals surface area contributed by atoms with E-state index in [9.17, 15) is 0 Å². The van der Waals surface area contributed by atoms with E-state index in [-0.39, 0.29) is 0 Å².